The molecule has 120 valence electrons. The molecule has 0 spiro atoms. The van der Waals surface area contributed by atoms with Crippen molar-refractivity contribution in [3.63, 3.8) is 0 Å². The average molecular weight is 321 g/mol. The quantitative estimate of drug-likeness (QED) is 0.772. The number of carbonyl (C=O) groups is 2. The number of pyridine rings is 1. The minimum atomic E-state index is -0.249. The van der Waals surface area contributed by atoms with Gasteiger partial charge in [-0.25, -0.2) is 9.97 Å². The Hall–Kier alpha value is -3.48. The van der Waals surface area contributed by atoms with Gasteiger partial charge in [-0.15, -0.1) is 0 Å². The summed E-state index contributed by atoms with van der Waals surface area (Å²) in [5.74, 6) is 0.308. The van der Waals surface area contributed by atoms with Crippen molar-refractivity contribution in [2.24, 2.45) is 0 Å². The van der Waals surface area contributed by atoms with E-state index in [4.69, 9.17) is 0 Å². The number of hydrogen-bond acceptors (Lipinski definition) is 4. The zero-order chi connectivity index (χ0) is 16.9. The predicted molar refractivity (Wildman–Crippen MR) is 90.1 cm³/mol. The van der Waals surface area contributed by atoms with E-state index < -0.39 is 0 Å². The van der Waals surface area contributed by atoms with Crippen LogP contribution in [-0.4, -0.2) is 26.3 Å². The fourth-order valence-electron chi connectivity index (χ4n) is 2.12. The van der Waals surface area contributed by atoms with E-state index in [-0.39, 0.29) is 11.8 Å². The van der Waals surface area contributed by atoms with Crippen LogP contribution in [0.5, 0.6) is 0 Å². The third-order valence-electron chi connectivity index (χ3n) is 3.24. The van der Waals surface area contributed by atoms with Crippen molar-refractivity contribution in [2.75, 3.05) is 10.6 Å². The molecule has 0 bridgehead atoms. The van der Waals surface area contributed by atoms with Crippen LogP contribution in [0.15, 0.2) is 61.3 Å². The molecule has 2 amide bonds. The molecular formula is C17H15N5O2. The highest BCUT2D eigenvalue weighted by Gasteiger charge is 2.07. The Kier molecular flexibility index (Phi) is 4.33. The van der Waals surface area contributed by atoms with Crippen molar-refractivity contribution < 1.29 is 9.59 Å². The Bertz CT molecular complexity index is 840. The summed E-state index contributed by atoms with van der Waals surface area (Å²) in [5, 5.41) is 5.43. The first-order chi connectivity index (χ1) is 11.6. The van der Waals surface area contributed by atoms with Gasteiger partial charge in [0.15, 0.2) is 0 Å². The van der Waals surface area contributed by atoms with E-state index in [0.29, 0.717) is 22.8 Å². The minimum Gasteiger partial charge on any atom is -0.326 e. The van der Waals surface area contributed by atoms with Crippen LogP contribution in [0.4, 0.5) is 11.4 Å². The van der Waals surface area contributed by atoms with Gasteiger partial charge in [-0.2, -0.15) is 0 Å². The topological polar surface area (TPSA) is 88.9 Å². The van der Waals surface area contributed by atoms with Gasteiger partial charge in [0.25, 0.3) is 5.91 Å². The van der Waals surface area contributed by atoms with Crippen molar-refractivity contribution in [3.8, 4) is 5.82 Å². The third kappa shape index (κ3) is 3.64. The highest BCUT2D eigenvalue weighted by Crippen LogP contribution is 2.13. The summed E-state index contributed by atoms with van der Waals surface area (Å²) >= 11 is 0. The molecule has 0 fully saturated rings. The van der Waals surface area contributed by atoms with Gasteiger partial charge < -0.3 is 10.6 Å². The molecule has 2 heterocycles. The maximum absolute atomic E-state index is 12.2. The molecule has 2 N–H and O–H groups in total. The van der Waals surface area contributed by atoms with Crippen LogP contribution in [0.25, 0.3) is 5.82 Å². The molecule has 24 heavy (non-hydrogen) atoms. The van der Waals surface area contributed by atoms with Gasteiger partial charge >= 0.3 is 0 Å². The van der Waals surface area contributed by atoms with E-state index in [0.717, 1.165) is 0 Å². The van der Waals surface area contributed by atoms with Gasteiger partial charge in [0, 0.05) is 30.6 Å². The smallest absolute Gasteiger partial charge is 0.255 e. The van der Waals surface area contributed by atoms with Gasteiger partial charge in [-0.3, -0.25) is 14.2 Å². The van der Waals surface area contributed by atoms with Crippen LogP contribution in [0.3, 0.4) is 0 Å². The van der Waals surface area contributed by atoms with E-state index in [1.54, 1.807) is 65.9 Å². The van der Waals surface area contributed by atoms with Crippen LogP contribution in [0.1, 0.15) is 17.3 Å². The van der Waals surface area contributed by atoms with E-state index in [1.807, 2.05) is 0 Å². The largest absolute Gasteiger partial charge is 0.326 e. The van der Waals surface area contributed by atoms with Gasteiger partial charge in [0.2, 0.25) is 5.91 Å². The monoisotopic (exact) mass is 321 g/mol. The fraction of sp³-hybridized carbons (Fsp3) is 0.0588. The number of hydrogen-bond donors (Lipinski definition) is 2. The molecule has 3 rings (SSSR count). The molecule has 1 aromatic carbocycles. The molecular weight excluding hydrogens is 306 g/mol. The number of carbonyl (C=O) groups excluding carboxylic acids is 2. The van der Waals surface area contributed by atoms with Crippen molar-refractivity contribution in [1.29, 1.82) is 0 Å². The number of benzene rings is 1. The van der Waals surface area contributed by atoms with Crippen LogP contribution in [-0.2, 0) is 4.79 Å². The molecule has 0 aliphatic carbocycles. The average Bonchev–Trinajstić information content (AvgIpc) is 3.10. The summed E-state index contributed by atoms with van der Waals surface area (Å²) in [4.78, 5) is 31.4. The maximum Gasteiger partial charge on any atom is 0.255 e. The van der Waals surface area contributed by atoms with Crippen molar-refractivity contribution in [3.05, 3.63) is 66.9 Å². The number of amides is 2. The molecule has 0 atom stereocenters. The SMILES string of the molecule is CC(=O)Nc1ccc(C(=O)Nc2ccc(-n3ccnc3)nc2)cc1. The van der Waals surface area contributed by atoms with Gasteiger partial charge in [0.05, 0.1) is 11.9 Å². The summed E-state index contributed by atoms with van der Waals surface area (Å²) in [5.41, 5.74) is 1.72. The Morgan fingerprint density at radius 3 is 2.33 bits per heavy atom. The van der Waals surface area contributed by atoms with Crippen molar-refractivity contribution in [1.82, 2.24) is 14.5 Å². The molecule has 2 aromatic heterocycles. The van der Waals surface area contributed by atoms with E-state index in [9.17, 15) is 9.59 Å². The summed E-state index contributed by atoms with van der Waals surface area (Å²) in [6.45, 7) is 1.43. The van der Waals surface area contributed by atoms with E-state index >= 15 is 0 Å². The number of imidazole rings is 1. The lowest BCUT2D eigenvalue weighted by Gasteiger charge is -2.07. The third-order valence-corrected chi connectivity index (χ3v) is 3.24. The van der Waals surface area contributed by atoms with E-state index in [2.05, 4.69) is 20.6 Å². The number of nitrogens with one attached hydrogen (secondary N) is 2. The summed E-state index contributed by atoms with van der Waals surface area (Å²) in [7, 11) is 0. The molecule has 0 aliphatic rings. The molecule has 7 heteroatoms. The lowest BCUT2D eigenvalue weighted by Crippen LogP contribution is -2.12. The summed E-state index contributed by atoms with van der Waals surface area (Å²) < 4.78 is 1.77. The Morgan fingerprint density at radius 2 is 1.75 bits per heavy atom. The lowest BCUT2D eigenvalue weighted by molar-refractivity contribution is -0.114. The Morgan fingerprint density at radius 1 is 1.00 bits per heavy atom. The van der Waals surface area contributed by atoms with Crippen LogP contribution >= 0.6 is 0 Å². The van der Waals surface area contributed by atoms with Gasteiger partial charge in [0.1, 0.15) is 12.1 Å². The standard InChI is InChI=1S/C17H15N5O2/c1-12(23)20-14-4-2-13(3-5-14)17(24)21-15-6-7-16(19-10-15)22-9-8-18-11-22/h2-11H,1H3,(H,20,23)(H,21,24). The first-order valence-electron chi connectivity index (χ1n) is 7.25. The fourth-order valence-corrected chi connectivity index (χ4v) is 2.12. The number of rotatable bonds is 4. The molecule has 0 aliphatic heterocycles. The lowest BCUT2D eigenvalue weighted by atomic mass is 10.2. The van der Waals surface area contributed by atoms with Gasteiger partial charge in [-0.1, -0.05) is 0 Å². The zero-order valence-electron chi connectivity index (χ0n) is 12.9. The first kappa shape index (κ1) is 15.4. The van der Waals surface area contributed by atoms with Crippen molar-refractivity contribution >= 4 is 23.2 Å². The normalized spacial score (nSPS) is 10.2. The number of nitrogens with zero attached hydrogens (tertiary/aromatic N) is 3. The second kappa shape index (κ2) is 6.74. The van der Waals surface area contributed by atoms with Crippen LogP contribution < -0.4 is 10.6 Å². The second-order valence-electron chi connectivity index (χ2n) is 5.09. The maximum atomic E-state index is 12.2. The van der Waals surface area contributed by atoms with Gasteiger partial charge in [-0.05, 0) is 36.4 Å². The summed E-state index contributed by atoms with van der Waals surface area (Å²) in [6.07, 6.45) is 6.69. The molecule has 0 radical (unpaired) electrons. The van der Waals surface area contributed by atoms with E-state index in [1.165, 1.54) is 6.92 Å². The van der Waals surface area contributed by atoms with Crippen LogP contribution in [0.2, 0.25) is 0 Å². The Labute approximate surface area is 138 Å². The predicted octanol–water partition coefficient (Wildman–Crippen LogP) is 2.48. The number of aromatic nitrogens is 3. The number of anilines is 2. The van der Waals surface area contributed by atoms with Crippen molar-refractivity contribution in [2.45, 2.75) is 6.92 Å². The highest BCUT2D eigenvalue weighted by molar-refractivity contribution is 6.04. The van der Waals surface area contributed by atoms with Crippen LogP contribution in [0, 0.1) is 0 Å². The zero-order valence-corrected chi connectivity index (χ0v) is 12.9. The second-order valence-corrected chi connectivity index (χ2v) is 5.09. The first-order valence-corrected chi connectivity index (χ1v) is 7.25. The Balaban J connectivity index is 1.67. The molecule has 0 saturated carbocycles. The highest BCUT2D eigenvalue weighted by atomic mass is 16.2. The summed E-state index contributed by atoms with van der Waals surface area (Å²) in [6, 6.07) is 10.2. The molecule has 7 nitrogen and oxygen atoms in total. The molecule has 0 unspecified atom stereocenters. The molecule has 0 saturated heterocycles. The minimum absolute atomic E-state index is 0.156. The molecule has 3 aromatic rings.